The number of aromatic amines is 1. The van der Waals surface area contributed by atoms with Crippen LogP contribution in [0.4, 0.5) is 11.4 Å². The Morgan fingerprint density at radius 2 is 1.62 bits per heavy atom. The summed E-state index contributed by atoms with van der Waals surface area (Å²) in [4.78, 5) is 32.8. The summed E-state index contributed by atoms with van der Waals surface area (Å²) in [5.41, 5.74) is 5.22. The van der Waals surface area contributed by atoms with Gasteiger partial charge in [-0.15, -0.1) is 0 Å². The molecule has 0 amide bonds. The zero-order valence-corrected chi connectivity index (χ0v) is 21.1. The first-order valence-electron chi connectivity index (χ1n) is 11.4. The number of aryl methyl sites for hydroxylation is 3. The van der Waals surface area contributed by atoms with E-state index >= 15 is 0 Å². The summed E-state index contributed by atoms with van der Waals surface area (Å²) >= 11 is 3.43. The van der Waals surface area contributed by atoms with Crippen molar-refractivity contribution in [3.05, 3.63) is 73.0 Å². The highest BCUT2D eigenvalue weighted by molar-refractivity contribution is 9.10. The molecule has 2 aromatic carbocycles. The van der Waals surface area contributed by atoms with Crippen molar-refractivity contribution in [2.45, 2.75) is 26.2 Å². The molecule has 0 aliphatic carbocycles. The van der Waals surface area contributed by atoms with E-state index < -0.39 is 0 Å². The number of piperidine rings is 1. The molecular formula is C25H27BrN6O2. The van der Waals surface area contributed by atoms with E-state index in [1.54, 1.807) is 29.4 Å². The molecule has 0 saturated carbocycles. The van der Waals surface area contributed by atoms with Crippen LogP contribution in [-0.4, -0.2) is 38.2 Å². The Bertz CT molecular complexity index is 1510. The highest BCUT2D eigenvalue weighted by atomic mass is 79.9. The lowest BCUT2D eigenvalue weighted by molar-refractivity contribution is 0.578. The molecule has 4 aromatic rings. The molecule has 1 fully saturated rings. The third-order valence-electron chi connectivity index (χ3n) is 6.60. The molecular weight excluding hydrogens is 496 g/mol. The summed E-state index contributed by atoms with van der Waals surface area (Å²) in [5, 5.41) is 3.15. The average Bonchev–Trinajstić information content (AvgIpc) is 3.25. The predicted molar refractivity (Wildman–Crippen MR) is 140 cm³/mol. The minimum atomic E-state index is -0.156. The molecule has 3 heterocycles. The maximum atomic E-state index is 13.2. The van der Waals surface area contributed by atoms with Crippen molar-refractivity contribution in [3.8, 4) is 5.69 Å². The van der Waals surface area contributed by atoms with Crippen molar-refractivity contribution in [2.75, 3.05) is 18.0 Å². The van der Waals surface area contributed by atoms with Crippen LogP contribution in [0.2, 0.25) is 0 Å². The number of nitrogens with zero attached hydrogens (tertiary/aromatic N) is 5. The predicted octanol–water partition coefficient (Wildman–Crippen LogP) is 4.17. The summed E-state index contributed by atoms with van der Waals surface area (Å²) in [5.74, 6) is 0. The Kier molecular flexibility index (Phi) is 5.81. The van der Waals surface area contributed by atoms with Crippen molar-refractivity contribution < 1.29 is 0 Å². The fourth-order valence-electron chi connectivity index (χ4n) is 4.63. The number of fused-ring (bicyclic) bond motifs is 1. The summed E-state index contributed by atoms with van der Waals surface area (Å²) in [6.45, 7) is 3.77. The first-order chi connectivity index (χ1) is 16.3. The molecule has 0 unspecified atom stereocenters. The number of benzene rings is 2. The van der Waals surface area contributed by atoms with E-state index in [1.165, 1.54) is 11.1 Å². The number of nitrogens with one attached hydrogen (secondary N) is 1. The van der Waals surface area contributed by atoms with E-state index in [9.17, 15) is 9.59 Å². The Labute approximate surface area is 205 Å². The van der Waals surface area contributed by atoms with Crippen LogP contribution in [0.3, 0.4) is 0 Å². The van der Waals surface area contributed by atoms with Gasteiger partial charge in [0, 0.05) is 43.6 Å². The van der Waals surface area contributed by atoms with Gasteiger partial charge in [0.1, 0.15) is 0 Å². The zero-order valence-electron chi connectivity index (χ0n) is 19.5. The fourth-order valence-corrected chi connectivity index (χ4v) is 4.90. The highest BCUT2D eigenvalue weighted by Gasteiger charge is 2.19. The van der Waals surface area contributed by atoms with Gasteiger partial charge in [0.05, 0.1) is 33.7 Å². The van der Waals surface area contributed by atoms with E-state index in [2.05, 4.69) is 32.0 Å². The second-order valence-electron chi connectivity index (χ2n) is 8.80. The summed E-state index contributed by atoms with van der Waals surface area (Å²) in [6, 6.07) is 11.6. The summed E-state index contributed by atoms with van der Waals surface area (Å²) in [6.07, 6.45) is 5.12. The van der Waals surface area contributed by atoms with Crippen molar-refractivity contribution in [1.29, 1.82) is 0 Å². The molecule has 0 spiro atoms. The van der Waals surface area contributed by atoms with Gasteiger partial charge < -0.3 is 4.90 Å². The largest absolute Gasteiger partial charge is 0.370 e. The van der Waals surface area contributed by atoms with Crippen molar-refractivity contribution >= 4 is 44.6 Å². The minimum absolute atomic E-state index is 0.0698. The number of hydrogen-bond donors (Lipinski definition) is 1. The molecule has 34 heavy (non-hydrogen) atoms. The molecule has 1 saturated heterocycles. The van der Waals surface area contributed by atoms with E-state index in [1.807, 2.05) is 37.3 Å². The molecule has 0 bridgehead atoms. The SMILES string of the molecule is Cc1[nH]n(-c2ccc(Br)cc2)c(=O)c1C=Nc1cc2c(cc1N1CCCCC1)n(C)c(=O)n2C. The number of halogens is 1. The topological polar surface area (TPSA) is 80.3 Å². The number of rotatable bonds is 4. The monoisotopic (exact) mass is 522 g/mol. The minimum Gasteiger partial charge on any atom is -0.370 e. The molecule has 176 valence electrons. The Balaban J connectivity index is 1.61. The van der Waals surface area contributed by atoms with Crippen LogP contribution in [0.1, 0.15) is 30.5 Å². The molecule has 8 nitrogen and oxygen atoms in total. The average molecular weight is 523 g/mol. The van der Waals surface area contributed by atoms with Crippen LogP contribution in [0.25, 0.3) is 16.7 Å². The number of H-pyrrole nitrogens is 1. The number of hydrogen-bond acceptors (Lipinski definition) is 4. The van der Waals surface area contributed by atoms with Gasteiger partial charge in [-0.2, -0.15) is 0 Å². The number of aromatic nitrogens is 4. The Hall–Kier alpha value is -3.33. The highest BCUT2D eigenvalue weighted by Crippen LogP contribution is 2.34. The van der Waals surface area contributed by atoms with Crippen LogP contribution < -0.4 is 16.1 Å². The Morgan fingerprint density at radius 1 is 0.971 bits per heavy atom. The zero-order chi connectivity index (χ0) is 24.0. The van der Waals surface area contributed by atoms with Gasteiger partial charge >= 0.3 is 5.69 Å². The van der Waals surface area contributed by atoms with Gasteiger partial charge in [0.15, 0.2) is 0 Å². The van der Waals surface area contributed by atoms with Gasteiger partial charge in [-0.25, -0.2) is 9.48 Å². The van der Waals surface area contributed by atoms with Crippen LogP contribution in [0.5, 0.6) is 0 Å². The second kappa shape index (κ2) is 8.79. The number of aliphatic imine (C=N–C) groups is 1. The van der Waals surface area contributed by atoms with Gasteiger partial charge in [0.25, 0.3) is 5.56 Å². The van der Waals surface area contributed by atoms with E-state index in [0.717, 1.165) is 64.2 Å². The first-order valence-corrected chi connectivity index (χ1v) is 12.2. The van der Waals surface area contributed by atoms with Crippen LogP contribution >= 0.6 is 15.9 Å². The molecule has 1 aliphatic heterocycles. The van der Waals surface area contributed by atoms with E-state index in [-0.39, 0.29) is 11.2 Å². The number of imidazole rings is 1. The first kappa shape index (κ1) is 22.5. The molecule has 1 aliphatic rings. The van der Waals surface area contributed by atoms with E-state index in [4.69, 9.17) is 4.99 Å². The van der Waals surface area contributed by atoms with Crippen LogP contribution in [-0.2, 0) is 14.1 Å². The lowest BCUT2D eigenvalue weighted by Gasteiger charge is -2.30. The van der Waals surface area contributed by atoms with Gasteiger partial charge in [-0.1, -0.05) is 15.9 Å². The molecule has 0 atom stereocenters. The van der Waals surface area contributed by atoms with Crippen LogP contribution in [0.15, 0.2) is 55.5 Å². The van der Waals surface area contributed by atoms with Gasteiger partial charge in [0.2, 0.25) is 0 Å². The van der Waals surface area contributed by atoms with Crippen molar-refractivity contribution in [2.24, 2.45) is 19.1 Å². The Morgan fingerprint density at radius 3 is 2.29 bits per heavy atom. The standard InChI is InChI=1S/C25H27BrN6O2/c1-16-19(24(33)32(28-16)18-9-7-17(26)8-10-18)15-27-20-13-22-23(30(3)25(34)29(22)2)14-21(20)31-11-5-4-6-12-31/h7-10,13-15,28H,4-6,11-12H2,1-3H3. The maximum Gasteiger partial charge on any atom is 0.328 e. The summed E-state index contributed by atoms with van der Waals surface area (Å²) in [7, 11) is 3.56. The molecule has 2 aromatic heterocycles. The molecule has 9 heteroatoms. The molecule has 0 radical (unpaired) electrons. The third kappa shape index (κ3) is 3.83. The van der Waals surface area contributed by atoms with Gasteiger partial charge in [-0.05, 0) is 62.6 Å². The lowest BCUT2D eigenvalue weighted by Crippen LogP contribution is -2.29. The fraction of sp³-hybridized carbons (Fsp3) is 0.320. The smallest absolute Gasteiger partial charge is 0.328 e. The summed E-state index contributed by atoms with van der Waals surface area (Å²) < 4.78 is 5.78. The van der Waals surface area contributed by atoms with Crippen molar-refractivity contribution in [3.63, 3.8) is 0 Å². The second-order valence-corrected chi connectivity index (χ2v) is 9.72. The van der Waals surface area contributed by atoms with Gasteiger partial charge in [-0.3, -0.25) is 24.0 Å². The lowest BCUT2D eigenvalue weighted by atomic mass is 10.1. The number of anilines is 1. The quantitative estimate of drug-likeness (QED) is 0.408. The molecule has 1 N–H and O–H groups in total. The normalized spacial score (nSPS) is 14.5. The maximum absolute atomic E-state index is 13.2. The van der Waals surface area contributed by atoms with Crippen molar-refractivity contribution in [1.82, 2.24) is 18.9 Å². The molecule has 5 rings (SSSR count). The van der Waals surface area contributed by atoms with E-state index in [0.29, 0.717) is 5.56 Å². The van der Waals surface area contributed by atoms with Crippen LogP contribution in [0, 0.1) is 6.92 Å². The third-order valence-corrected chi connectivity index (χ3v) is 7.13.